The van der Waals surface area contributed by atoms with Gasteiger partial charge in [0.15, 0.2) is 0 Å². The Labute approximate surface area is 139 Å². The number of hydrogen-bond donors (Lipinski definition) is 0. The second-order valence-electron chi connectivity index (χ2n) is 4.77. The second kappa shape index (κ2) is 7.52. The number of rotatable bonds is 5. The average Bonchev–Trinajstić information content (AvgIpc) is 2.36. The first-order valence-corrected chi connectivity index (χ1v) is 12.9. The molecule has 0 aliphatic heterocycles. The molecule has 1 aromatic carbocycles. The molecule has 4 nitrogen and oxygen atoms in total. The summed E-state index contributed by atoms with van der Waals surface area (Å²) < 4.78 is 30.0. The zero-order chi connectivity index (χ0) is 16.4. The molecule has 0 aliphatic rings. The Morgan fingerprint density at radius 1 is 1.33 bits per heavy atom. The Hall–Kier alpha value is 0.00338. The van der Waals surface area contributed by atoms with Crippen LogP contribution in [0.4, 0.5) is 0 Å². The monoisotopic (exact) mass is 441 g/mol. The van der Waals surface area contributed by atoms with Crippen molar-refractivity contribution in [1.82, 2.24) is 4.31 Å². The van der Waals surface area contributed by atoms with E-state index in [2.05, 4.69) is 11.5 Å². The van der Waals surface area contributed by atoms with Crippen LogP contribution >= 0.6 is 19.4 Å². The third-order valence-electron chi connectivity index (χ3n) is 2.80. The molecule has 1 rings (SSSR count). The van der Waals surface area contributed by atoms with Crippen LogP contribution in [0.25, 0.3) is 0 Å². The zero-order valence-electron chi connectivity index (χ0n) is 12.3. The van der Waals surface area contributed by atoms with Gasteiger partial charge in [-0.15, -0.1) is 0 Å². The summed E-state index contributed by atoms with van der Waals surface area (Å²) in [7, 11) is 15.3. The van der Waals surface area contributed by atoms with Crippen molar-refractivity contribution < 1.29 is 26.3 Å². The molecule has 122 valence electrons. The predicted molar refractivity (Wildman–Crippen MR) is 85.2 cm³/mol. The third kappa shape index (κ3) is 4.74. The van der Waals surface area contributed by atoms with Gasteiger partial charge in [-0.3, -0.25) is 0 Å². The van der Waals surface area contributed by atoms with Crippen LogP contribution in [0, 0.1) is 7.11 Å². The molecule has 0 fully saturated rings. The fourth-order valence-corrected chi connectivity index (χ4v) is 4.28. The standard InChI is InChI=1S/C13H19NO3S.2ClH.Ru/c1-10(2)17(6)13-8-7-12(9-11(13)3)18(15,16)14(4)5;;;/h3,7-10H,6H2,1-2,4-5H3;2*1H;/q;;;+2/p-2. The van der Waals surface area contributed by atoms with Gasteiger partial charge in [-0.05, 0) is 0 Å². The minimum atomic E-state index is -3.50. The summed E-state index contributed by atoms with van der Waals surface area (Å²) in [6, 6.07) is 4.82. The Bertz CT molecular complexity index is 641. The minimum absolute atomic E-state index is 0.0831. The van der Waals surface area contributed by atoms with Crippen molar-refractivity contribution in [1.29, 1.82) is 0 Å². The van der Waals surface area contributed by atoms with Crippen molar-refractivity contribution in [2.75, 3.05) is 14.1 Å². The van der Waals surface area contributed by atoms with E-state index >= 15 is 0 Å². The molecule has 0 amide bonds. The predicted octanol–water partition coefficient (Wildman–Crippen LogP) is 3.48. The van der Waals surface area contributed by atoms with Gasteiger partial charge in [0.25, 0.3) is 0 Å². The first-order valence-electron chi connectivity index (χ1n) is 6.00. The van der Waals surface area contributed by atoms with E-state index in [4.69, 9.17) is 19.4 Å². The second-order valence-corrected chi connectivity index (χ2v) is 12.6. The Morgan fingerprint density at radius 3 is 2.33 bits per heavy atom. The number of hydrogen-bond acceptors (Lipinski definition) is 2. The van der Waals surface area contributed by atoms with Gasteiger partial charge in [-0.25, -0.2) is 0 Å². The summed E-state index contributed by atoms with van der Waals surface area (Å²) in [5, 5.41) is 0. The first kappa shape index (κ1) is 19.1. The Morgan fingerprint density at radius 2 is 1.90 bits per heavy atom. The molecule has 0 spiro atoms. The van der Waals surface area contributed by atoms with Crippen molar-refractivity contribution >= 4 is 34.0 Å². The molecule has 0 aromatic heterocycles. The fourth-order valence-electron chi connectivity index (χ4n) is 1.55. The van der Waals surface area contributed by atoms with E-state index in [1.165, 1.54) is 18.4 Å². The van der Waals surface area contributed by atoms with E-state index < -0.39 is 23.5 Å². The Balaban J connectivity index is 3.49. The molecule has 0 aliphatic carbocycles. The summed E-state index contributed by atoms with van der Waals surface area (Å²) in [5.41, 5.74) is 0.662. The van der Waals surface area contributed by atoms with Gasteiger partial charge in [0, 0.05) is 0 Å². The van der Waals surface area contributed by atoms with E-state index in [0.29, 0.717) is 5.56 Å². The molecule has 21 heavy (non-hydrogen) atoms. The van der Waals surface area contributed by atoms with E-state index in [9.17, 15) is 8.42 Å². The summed E-state index contributed by atoms with van der Waals surface area (Å²) in [6.07, 6.45) is 0.0831. The molecule has 0 heterocycles. The van der Waals surface area contributed by atoms with Crippen LogP contribution in [-0.2, 0) is 27.9 Å². The maximum absolute atomic E-state index is 12.2. The van der Waals surface area contributed by atoms with Crippen LogP contribution in [0.2, 0.25) is 0 Å². The van der Waals surface area contributed by atoms with Crippen molar-refractivity contribution in [3.63, 3.8) is 0 Å². The van der Waals surface area contributed by atoms with Gasteiger partial charge >= 0.3 is 140 Å². The van der Waals surface area contributed by atoms with Gasteiger partial charge in [0.2, 0.25) is 0 Å². The van der Waals surface area contributed by atoms with Crippen LogP contribution in [0.1, 0.15) is 19.4 Å². The maximum atomic E-state index is 12.2. The van der Waals surface area contributed by atoms with Crippen molar-refractivity contribution in [3.8, 4) is 5.75 Å². The van der Waals surface area contributed by atoms with Gasteiger partial charge in [0.1, 0.15) is 0 Å². The molecule has 0 unspecified atom stereocenters. The van der Waals surface area contributed by atoms with Crippen molar-refractivity contribution in [2.24, 2.45) is 0 Å². The van der Waals surface area contributed by atoms with Crippen LogP contribution in [0.3, 0.4) is 0 Å². The van der Waals surface area contributed by atoms with Crippen LogP contribution < -0.4 is 0 Å². The van der Waals surface area contributed by atoms with Gasteiger partial charge in [0.05, 0.1) is 0 Å². The first-order chi connectivity index (χ1) is 9.57. The average molecular weight is 441 g/mol. The van der Waals surface area contributed by atoms with E-state index in [0.717, 1.165) is 5.75 Å². The quantitative estimate of drug-likeness (QED) is 0.399. The van der Waals surface area contributed by atoms with Crippen LogP contribution in [0.15, 0.2) is 23.1 Å². The summed E-state index contributed by atoms with van der Waals surface area (Å²) in [5.74, 6) is 0.725. The molecule has 0 atom stereocenters. The summed E-state index contributed by atoms with van der Waals surface area (Å²) in [4.78, 5) is 0.198. The van der Waals surface area contributed by atoms with E-state index in [1.54, 1.807) is 22.8 Å². The number of halogens is 2. The van der Waals surface area contributed by atoms with Crippen molar-refractivity contribution in [3.05, 3.63) is 30.9 Å². The molecule has 0 saturated heterocycles. The number of nitrogens with zero attached hydrogens (tertiary/aromatic N) is 1. The zero-order valence-corrected chi connectivity index (χ0v) is 16.3. The van der Waals surface area contributed by atoms with Crippen LogP contribution in [0.5, 0.6) is 5.75 Å². The summed E-state index contributed by atoms with van der Waals surface area (Å²) >= 11 is -2.10. The molecule has 0 bridgehead atoms. The molecular weight excluding hydrogens is 422 g/mol. The normalized spacial score (nSPS) is 12.7. The topological polar surface area (TPSA) is 40.1 Å². The molecule has 0 N–H and O–H groups in total. The van der Waals surface area contributed by atoms with Crippen molar-refractivity contribution in [2.45, 2.75) is 24.8 Å². The molecular formula is C13H19Cl2NO3RuS. The van der Waals surface area contributed by atoms with Gasteiger partial charge in [-0.1, -0.05) is 0 Å². The Kier molecular flexibility index (Phi) is 6.82. The number of sulfonamides is 1. The fraction of sp³-hybridized carbons (Fsp3) is 0.385. The number of benzene rings is 1. The SMILES string of the molecule is [CH2-][O+](c1ccc(S(=O)(=O)N(C)C)cc1[CH]=[Ru]([Cl])[Cl])C(C)C. The van der Waals surface area contributed by atoms with Gasteiger partial charge in [-0.2, -0.15) is 0 Å². The third-order valence-corrected chi connectivity index (χ3v) is 6.44. The molecule has 0 saturated carbocycles. The summed E-state index contributed by atoms with van der Waals surface area (Å²) in [6.45, 7) is 3.92. The molecule has 0 radical (unpaired) electrons. The van der Waals surface area contributed by atoms with Crippen LogP contribution in [-0.4, -0.2) is 37.5 Å². The van der Waals surface area contributed by atoms with Gasteiger partial charge < -0.3 is 0 Å². The van der Waals surface area contributed by atoms with E-state index in [1.807, 2.05) is 13.8 Å². The molecule has 1 aromatic rings. The molecule has 8 heteroatoms. The van der Waals surface area contributed by atoms with E-state index in [-0.39, 0.29) is 11.0 Å².